The maximum atomic E-state index is 7.26. The van der Waals surface area contributed by atoms with Crippen molar-refractivity contribution in [3.05, 3.63) is 206 Å². The van der Waals surface area contributed by atoms with Crippen LogP contribution in [0.3, 0.4) is 0 Å². The van der Waals surface area contributed by atoms with Gasteiger partial charge in [-0.2, -0.15) is 0 Å². The van der Waals surface area contributed by atoms with Crippen molar-refractivity contribution in [3.63, 3.8) is 0 Å². The molecule has 4 nitrogen and oxygen atoms in total. The first-order chi connectivity index (χ1) is 28.2. The number of aromatic nitrogens is 4. The summed E-state index contributed by atoms with van der Waals surface area (Å²) in [6.07, 6.45) is 26.3. The summed E-state index contributed by atoms with van der Waals surface area (Å²) in [5, 5.41) is 5.90. The van der Waals surface area contributed by atoms with Gasteiger partial charge in [-0.1, -0.05) is 195 Å². The van der Waals surface area contributed by atoms with E-state index in [1.165, 1.54) is 43.0 Å². The van der Waals surface area contributed by atoms with Gasteiger partial charge in [0.15, 0.2) is 0 Å². The molecule has 0 atom stereocenters. The molecule has 0 saturated heterocycles. The van der Waals surface area contributed by atoms with Crippen LogP contribution in [0.2, 0.25) is 26.2 Å². The van der Waals surface area contributed by atoms with Gasteiger partial charge in [-0.3, -0.25) is 11.8 Å². The molecule has 2 aromatic heterocycles. The van der Waals surface area contributed by atoms with Crippen LogP contribution in [0.4, 0.5) is 0 Å². The summed E-state index contributed by atoms with van der Waals surface area (Å²) in [5.41, 5.74) is 11.4. The molecule has 304 valence electrons. The van der Waals surface area contributed by atoms with Crippen molar-refractivity contribution in [2.45, 2.75) is 39.0 Å². The molecule has 4 heterocycles. The predicted octanol–water partition coefficient (Wildman–Crippen LogP) is 8.29. The molecule has 0 amide bonds. The quantitative estimate of drug-likeness (QED) is 0.0990. The van der Waals surface area contributed by atoms with E-state index in [0.717, 1.165) is 46.7 Å². The second kappa shape index (κ2) is 19.0. The Morgan fingerprint density at radius 1 is 0.467 bits per heavy atom. The third-order valence-corrected chi connectivity index (χ3v) is 18.4. The zero-order chi connectivity index (χ0) is 40.3. The Labute approximate surface area is 388 Å². The Hall–Kier alpha value is -5.23. The van der Waals surface area contributed by atoms with Crippen LogP contribution < -0.4 is 20.7 Å². The minimum absolute atomic E-state index is 0. The first kappa shape index (κ1) is 44.3. The molecule has 2 aliphatic heterocycles. The van der Waals surface area contributed by atoms with Crippen molar-refractivity contribution in [3.8, 4) is 45.5 Å². The van der Waals surface area contributed by atoms with Crippen LogP contribution in [0, 0.1) is 37.3 Å². The molecule has 0 saturated carbocycles. The molecule has 2 aliphatic rings. The number of aryl methyl sites for hydroxylation is 2. The van der Waals surface area contributed by atoms with Gasteiger partial charge in [0.25, 0.3) is 0 Å². The van der Waals surface area contributed by atoms with Crippen LogP contribution in [0.5, 0.6) is 0 Å². The second-order valence-corrected chi connectivity index (χ2v) is 24.3. The average molecular weight is 1170 g/mol. The molecule has 0 aliphatic carbocycles. The summed E-state index contributed by atoms with van der Waals surface area (Å²) in [4.78, 5) is 8.73. The number of para-hydroxylation sites is 2. The van der Waals surface area contributed by atoms with E-state index < -0.39 is 16.1 Å². The van der Waals surface area contributed by atoms with E-state index in [2.05, 4.69) is 133 Å². The number of benzene rings is 6. The van der Waals surface area contributed by atoms with Gasteiger partial charge < -0.3 is 31.9 Å². The third kappa shape index (κ3) is 8.94. The fourth-order valence-corrected chi connectivity index (χ4v) is 14.4. The summed E-state index contributed by atoms with van der Waals surface area (Å²) in [7, 11) is -3.10. The molecule has 0 unspecified atom stereocenters. The number of fused-ring (bicyclic) bond motifs is 6. The van der Waals surface area contributed by atoms with Crippen molar-refractivity contribution < 1.29 is 44.8 Å². The van der Waals surface area contributed by atoms with Crippen LogP contribution in [0.25, 0.3) is 33.6 Å². The first-order valence-electron chi connectivity index (χ1n) is 19.5. The Morgan fingerprint density at radius 3 is 1.20 bits per heavy atom. The van der Waals surface area contributed by atoms with Gasteiger partial charge in [0, 0.05) is 57.4 Å². The molecule has 0 N–H and O–H groups in total. The monoisotopic (exact) mass is 1170 g/mol. The van der Waals surface area contributed by atoms with Crippen LogP contribution in [0.15, 0.2) is 158 Å². The number of nitrogens with zero attached hydrogens (tertiary/aromatic N) is 4. The molecule has 8 aromatic rings. The van der Waals surface area contributed by atoms with E-state index in [1.807, 2.05) is 94.3 Å². The molecule has 0 fully saturated rings. The summed E-state index contributed by atoms with van der Waals surface area (Å²) in [6.45, 7) is 9.52. The molecule has 60 heavy (non-hydrogen) atoms. The summed E-state index contributed by atoms with van der Waals surface area (Å²) in [5.74, 6) is 4.99. The van der Waals surface area contributed by atoms with Crippen molar-refractivity contribution in [1.29, 1.82) is 0 Å². The van der Waals surface area contributed by atoms with Crippen molar-refractivity contribution in [1.82, 2.24) is 19.1 Å². The van der Waals surface area contributed by atoms with Gasteiger partial charge in [-0.05, 0) is 44.0 Å². The van der Waals surface area contributed by atoms with Gasteiger partial charge in [0.1, 0.15) is 16.1 Å². The van der Waals surface area contributed by atoms with Gasteiger partial charge in [0.2, 0.25) is 0 Å². The van der Waals surface area contributed by atoms with Gasteiger partial charge >= 0.3 is 0 Å². The molecule has 8 heteroatoms. The maximum absolute atomic E-state index is 7.26. The molecule has 0 bridgehead atoms. The van der Waals surface area contributed by atoms with Crippen molar-refractivity contribution in [2.24, 2.45) is 0 Å². The summed E-state index contributed by atoms with van der Waals surface area (Å²) in [6, 6.07) is 50.2. The number of hydrogen-bond donors (Lipinski definition) is 0. The topological polar surface area (TPSA) is 35.6 Å². The van der Waals surface area contributed by atoms with E-state index in [9.17, 15) is 0 Å². The standard InChI is InChI=1S/C20H16N4.2C16H13Si.2Au/c1-3-7-19(8-4-1)23-13-17(21-15-23)11-12-18-14-24(16-22-18)20-9-5-2-6-10-20;2*1-4-12-9-10-14-13-7-5-6-8-15(13)17(2,3)16(14)11-12;;/h1-10,13-14H,11-12H2;2*5-11H,2-3H3;;/q-2;2*-1;;. The van der Waals surface area contributed by atoms with Gasteiger partial charge in [-0.25, -0.2) is 0 Å². The van der Waals surface area contributed by atoms with E-state index >= 15 is 0 Å². The zero-order valence-corrected chi connectivity index (χ0v) is 40.2. The van der Waals surface area contributed by atoms with E-state index in [0.29, 0.717) is 0 Å². The summed E-state index contributed by atoms with van der Waals surface area (Å²) < 4.78 is 3.84. The molecular formula is C52H42Au2N4Si2-4. The molecular weight excluding hydrogens is 1130 g/mol. The fourth-order valence-electron chi connectivity index (χ4n) is 8.15. The number of rotatable bonds is 5. The average Bonchev–Trinajstić information content (AvgIpc) is 4.05. The SMILES string of the molecule is [Au].[Au].[C-]#Cc1ccc2c(c1)[Si](C)(C)c1ccccc1-2.[C-]#Cc1ccc2c(c1)[Si](C)(C)c1ccccc1-2.[c-]1nc(CCc2cn(-c3ccccc3)[c-]n2)cn1-c1ccccc1. The van der Waals surface area contributed by atoms with Crippen LogP contribution in [0.1, 0.15) is 22.5 Å². The largest absolute Gasteiger partial charge is 0.433 e. The Balaban J connectivity index is 0.000000152. The minimum atomic E-state index is -1.55. The maximum Gasteiger partial charge on any atom is 0.111 e. The van der Waals surface area contributed by atoms with Crippen LogP contribution >= 0.6 is 0 Å². The fraction of sp³-hybridized carbons (Fsp3) is 0.115. The Kier molecular flexibility index (Phi) is 14.0. The van der Waals surface area contributed by atoms with Crippen molar-refractivity contribution in [2.75, 3.05) is 0 Å². The van der Waals surface area contributed by atoms with Crippen molar-refractivity contribution >= 4 is 36.9 Å². The normalized spacial score (nSPS) is 12.8. The molecule has 2 radical (unpaired) electrons. The van der Waals surface area contributed by atoms with E-state index in [4.69, 9.17) is 12.8 Å². The first-order valence-corrected chi connectivity index (χ1v) is 25.5. The Morgan fingerprint density at radius 2 is 0.817 bits per heavy atom. The minimum Gasteiger partial charge on any atom is -0.433 e. The smallest absolute Gasteiger partial charge is 0.111 e. The van der Waals surface area contributed by atoms with Crippen LogP contribution in [-0.2, 0) is 57.6 Å². The number of imidazole rings is 2. The molecule has 10 rings (SSSR count). The molecule has 0 spiro atoms. The van der Waals surface area contributed by atoms with Gasteiger partial charge in [0.05, 0.1) is 0 Å². The Bertz CT molecular complexity index is 2630. The van der Waals surface area contributed by atoms with E-state index in [-0.39, 0.29) is 44.8 Å². The molecule has 6 aromatic carbocycles. The summed E-state index contributed by atoms with van der Waals surface area (Å²) >= 11 is 0. The second-order valence-electron chi connectivity index (χ2n) is 15.7. The van der Waals surface area contributed by atoms with Gasteiger partial charge in [-0.15, -0.1) is 35.4 Å². The third-order valence-electron chi connectivity index (χ3n) is 11.3. The van der Waals surface area contributed by atoms with E-state index in [1.54, 1.807) is 0 Å². The predicted molar refractivity (Wildman–Crippen MR) is 242 cm³/mol. The zero-order valence-electron chi connectivity index (χ0n) is 33.8. The van der Waals surface area contributed by atoms with Crippen LogP contribution in [-0.4, -0.2) is 35.2 Å². The number of hydrogen-bond acceptors (Lipinski definition) is 2.